The second kappa shape index (κ2) is 11.9. The molecule has 0 saturated carbocycles. The molecule has 0 aromatic rings. The highest BCUT2D eigenvalue weighted by molar-refractivity contribution is 7.90. The van der Waals surface area contributed by atoms with Crippen LogP contribution in [0.5, 0.6) is 0 Å². The Hall–Kier alpha value is -0.210. The topological polar surface area (TPSA) is 73.9 Å². The van der Waals surface area contributed by atoms with Crippen LogP contribution >= 0.6 is 0 Å². The van der Waals surface area contributed by atoms with Crippen molar-refractivity contribution in [3.63, 3.8) is 0 Å². The molecular weight excluding hydrogens is 258 g/mol. The highest BCUT2D eigenvalue weighted by Gasteiger charge is 1.99. The van der Waals surface area contributed by atoms with Crippen molar-refractivity contribution >= 4 is 9.84 Å². The molecule has 0 aromatic carbocycles. The molecule has 0 saturated heterocycles. The lowest BCUT2D eigenvalue weighted by molar-refractivity contribution is 0.0409. The van der Waals surface area contributed by atoms with E-state index >= 15 is 0 Å². The van der Waals surface area contributed by atoms with Gasteiger partial charge in [0.05, 0.1) is 25.6 Å². The Morgan fingerprint density at radius 2 is 1.61 bits per heavy atom. The third-order valence-corrected chi connectivity index (χ3v) is 3.03. The van der Waals surface area contributed by atoms with E-state index in [0.717, 1.165) is 6.42 Å². The number of ether oxygens (including phenoxy) is 3. The van der Waals surface area contributed by atoms with Gasteiger partial charge in [-0.2, -0.15) is 0 Å². The monoisotopic (exact) mass is 283 g/mol. The fourth-order valence-electron chi connectivity index (χ4n) is 1.15. The molecule has 1 N–H and O–H groups in total. The highest BCUT2D eigenvalue weighted by Crippen LogP contribution is 1.84. The standard InChI is InChI=1S/C11H25NO5S/c1-15-6-3-7-16-9-10-17-8-4-12-5-11-18(2,13)14/h12H,3-11H2,1-2H3. The fourth-order valence-corrected chi connectivity index (χ4v) is 1.67. The average Bonchev–Trinajstić information content (AvgIpc) is 2.29. The minimum atomic E-state index is -2.87. The fraction of sp³-hybridized carbons (Fsp3) is 1.00. The number of sulfone groups is 1. The molecule has 0 aromatic heterocycles. The van der Waals surface area contributed by atoms with Crippen molar-refractivity contribution in [2.75, 3.05) is 65.2 Å². The molecule has 18 heavy (non-hydrogen) atoms. The zero-order valence-electron chi connectivity index (χ0n) is 11.3. The van der Waals surface area contributed by atoms with E-state index in [9.17, 15) is 8.42 Å². The first-order chi connectivity index (χ1) is 8.56. The van der Waals surface area contributed by atoms with Crippen molar-refractivity contribution in [1.82, 2.24) is 5.32 Å². The van der Waals surface area contributed by atoms with E-state index in [0.29, 0.717) is 46.1 Å². The Labute approximate surface area is 110 Å². The third-order valence-electron chi connectivity index (χ3n) is 2.08. The van der Waals surface area contributed by atoms with Gasteiger partial charge in [-0.15, -0.1) is 0 Å². The summed E-state index contributed by atoms with van der Waals surface area (Å²) in [7, 11) is -1.20. The molecular formula is C11H25NO5S. The average molecular weight is 283 g/mol. The summed E-state index contributed by atoms with van der Waals surface area (Å²) in [6, 6.07) is 0. The number of hydrogen-bond donors (Lipinski definition) is 1. The normalized spacial score (nSPS) is 11.9. The molecule has 0 rings (SSSR count). The summed E-state index contributed by atoms with van der Waals surface area (Å²) in [5, 5.41) is 3.00. The predicted molar refractivity (Wildman–Crippen MR) is 70.7 cm³/mol. The molecule has 0 spiro atoms. The molecule has 0 radical (unpaired) electrons. The van der Waals surface area contributed by atoms with Gasteiger partial charge in [0, 0.05) is 39.7 Å². The highest BCUT2D eigenvalue weighted by atomic mass is 32.2. The van der Waals surface area contributed by atoms with Gasteiger partial charge in [0.25, 0.3) is 0 Å². The molecule has 0 unspecified atom stereocenters. The Kier molecular flexibility index (Phi) is 11.7. The first kappa shape index (κ1) is 17.8. The van der Waals surface area contributed by atoms with Gasteiger partial charge < -0.3 is 19.5 Å². The van der Waals surface area contributed by atoms with E-state index in [1.54, 1.807) is 7.11 Å². The molecule has 0 bridgehead atoms. The van der Waals surface area contributed by atoms with Crippen LogP contribution in [0.1, 0.15) is 6.42 Å². The van der Waals surface area contributed by atoms with Crippen LogP contribution < -0.4 is 5.32 Å². The van der Waals surface area contributed by atoms with Crippen LogP contribution in [-0.2, 0) is 24.0 Å². The van der Waals surface area contributed by atoms with Crippen molar-refractivity contribution in [3.8, 4) is 0 Å². The Morgan fingerprint density at radius 3 is 2.22 bits per heavy atom. The van der Waals surface area contributed by atoms with Gasteiger partial charge >= 0.3 is 0 Å². The largest absolute Gasteiger partial charge is 0.385 e. The van der Waals surface area contributed by atoms with Gasteiger partial charge in [-0.1, -0.05) is 0 Å². The summed E-state index contributed by atoms with van der Waals surface area (Å²) in [6.07, 6.45) is 2.12. The maximum Gasteiger partial charge on any atom is 0.148 e. The van der Waals surface area contributed by atoms with E-state index in [4.69, 9.17) is 14.2 Å². The number of nitrogens with one attached hydrogen (secondary N) is 1. The van der Waals surface area contributed by atoms with Crippen molar-refractivity contribution < 1.29 is 22.6 Å². The summed E-state index contributed by atoms with van der Waals surface area (Å²) in [6.45, 7) is 4.21. The van der Waals surface area contributed by atoms with Gasteiger partial charge in [-0.05, 0) is 6.42 Å². The number of rotatable bonds is 13. The quantitative estimate of drug-likeness (QED) is 0.467. The summed E-state index contributed by atoms with van der Waals surface area (Å²) in [5.41, 5.74) is 0. The van der Waals surface area contributed by atoms with Crippen molar-refractivity contribution in [1.29, 1.82) is 0 Å². The van der Waals surface area contributed by atoms with Crippen LogP contribution in [0.3, 0.4) is 0 Å². The molecule has 0 amide bonds. The molecule has 6 nitrogen and oxygen atoms in total. The van der Waals surface area contributed by atoms with E-state index in [1.165, 1.54) is 6.26 Å². The summed E-state index contributed by atoms with van der Waals surface area (Å²) < 4.78 is 37.1. The Morgan fingerprint density at radius 1 is 0.944 bits per heavy atom. The molecule has 0 heterocycles. The van der Waals surface area contributed by atoms with Crippen molar-refractivity contribution in [3.05, 3.63) is 0 Å². The van der Waals surface area contributed by atoms with Crippen molar-refractivity contribution in [2.24, 2.45) is 0 Å². The first-order valence-corrected chi connectivity index (χ1v) is 8.15. The second-order valence-electron chi connectivity index (χ2n) is 3.95. The second-order valence-corrected chi connectivity index (χ2v) is 6.21. The zero-order valence-corrected chi connectivity index (χ0v) is 12.1. The van der Waals surface area contributed by atoms with Gasteiger partial charge in [0.15, 0.2) is 0 Å². The molecule has 0 aliphatic carbocycles. The minimum Gasteiger partial charge on any atom is -0.385 e. The van der Waals surface area contributed by atoms with E-state index < -0.39 is 9.84 Å². The minimum absolute atomic E-state index is 0.162. The smallest absolute Gasteiger partial charge is 0.148 e. The molecule has 0 aliphatic rings. The lowest BCUT2D eigenvalue weighted by Crippen LogP contribution is -2.26. The van der Waals surface area contributed by atoms with Crippen LogP contribution in [-0.4, -0.2) is 73.7 Å². The number of hydrogen-bond acceptors (Lipinski definition) is 6. The molecule has 110 valence electrons. The first-order valence-electron chi connectivity index (χ1n) is 6.09. The SMILES string of the molecule is COCCCOCCOCCNCCS(C)(=O)=O. The van der Waals surface area contributed by atoms with Gasteiger partial charge in [0.2, 0.25) is 0 Å². The lowest BCUT2D eigenvalue weighted by atomic mass is 10.5. The zero-order chi connectivity index (χ0) is 13.7. The molecule has 7 heteroatoms. The maximum absolute atomic E-state index is 10.8. The maximum atomic E-state index is 10.8. The van der Waals surface area contributed by atoms with Crippen LogP contribution in [0.4, 0.5) is 0 Å². The number of methoxy groups -OCH3 is 1. The van der Waals surface area contributed by atoms with Gasteiger partial charge in [-0.25, -0.2) is 8.42 Å². The van der Waals surface area contributed by atoms with E-state index in [-0.39, 0.29) is 5.75 Å². The van der Waals surface area contributed by atoms with Crippen LogP contribution in [0, 0.1) is 0 Å². The Bertz CT molecular complexity index is 269. The molecule has 0 atom stereocenters. The van der Waals surface area contributed by atoms with Crippen LogP contribution in [0.2, 0.25) is 0 Å². The molecule has 0 fully saturated rings. The molecule has 0 aliphatic heterocycles. The summed E-state index contributed by atoms with van der Waals surface area (Å²) in [5.74, 6) is 0.162. The van der Waals surface area contributed by atoms with Crippen LogP contribution in [0.15, 0.2) is 0 Å². The lowest BCUT2D eigenvalue weighted by Gasteiger charge is -2.06. The van der Waals surface area contributed by atoms with Gasteiger partial charge in [-0.3, -0.25) is 0 Å². The van der Waals surface area contributed by atoms with E-state index in [2.05, 4.69) is 5.32 Å². The van der Waals surface area contributed by atoms with E-state index in [1.807, 2.05) is 0 Å². The summed E-state index contributed by atoms with van der Waals surface area (Å²) in [4.78, 5) is 0. The van der Waals surface area contributed by atoms with Crippen molar-refractivity contribution in [2.45, 2.75) is 6.42 Å². The van der Waals surface area contributed by atoms with Crippen LogP contribution in [0.25, 0.3) is 0 Å². The predicted octanol–water partition coefficient (Wildman–Crippen LogP) is -0.310. The Balaban J connectivity index is 3.03. The summed E-state index contributed by atoms with van der Waals surface area (Å²) >= 11 is 0. The van der Waals surface area contributed by atoms with Gasteiger partial charge in [0.1, 0.15) is 9.84 Å². The third kappa shape index (κ3) is 15.8.